The van der Waals surface area contributed by atoms with E-state index in [0.717, 1.165) is 19.4 Å². The van der Waals surface area contributed by atoms with E-state index in [9.17, 15) is 5.11 Å². The third-order valence-electron chi connectivity index (χ3n) is 4.62. The van der Waals surface area contributed by atoms with Crippen LogP contribution in [0.2, 0.25) is 0 Å². The van der Waals surface area contributed by atoms with Crippen molar-refractivity contribution in [2.75, 3.05) is 26.4 Å². The number of aliphatic hydroxyl groups excluding tert-OH is 1. The molecule has 2 unspecified atom stereocenters. The Morgan fingerprint density at radius 1 is 1.30 bits per heavy atom. The summed E-state index contributed by atoms with van der Waals surface area (Å²) in [7, 11) is 0. The molecule has 0 bridgehead atoms. The molecular weight excluding hydrogens is 254 g/mol. The van der Waals surface area contributed by atoms with Gasteiger partial charge in [0.1, 0.15) is 0 Å². The lowest BCUT2D eigenvalue weighted by molar-refractivity contribution is -0.0173. The predicted molar refractivity (Wildman–Crippen MR) is 79.8 cm³/mol. The SMILES string of the molecule is CC1(C)CCC(NCC(O)COCC2CCCO2)CC1. The molecule has 0 spiro atoms. The molecule has 4 nitrogen and oxygen atoms in total. The molecule has 1 saturated carbocycles. The molecule has 0 amide bonds. The van der Waals surface area contributed by atoms with E-state index in [4.69, 9.17) is 9.47 Å². The van der Waals surface area contributed by atoms with Gasteiger partial charge in [-0.3, -0.25) is 0 Å². The van der Waals surface area contributed by atoms with Crippen LogP contribution in [0, 0.1) is 5.41 Å². The molecule has 2 atom stereocenters. The third kappa shape index (κ3) is 5.68. The molecule has 0 aromatic rings. The highest BCUT2D eigenvalue weighted by Gasteiger charge is 2.26. The number of nitrogens with one attached hydrogen (secondary N) is 1. The molecule has 118 valence electrons. The summed E-state index contributed by atoms with van der Waals surface area (Å²) in [5.74, 6) is 0. The van der Waals surface area contributed by atoms with Gasteiger partial charge in [-0.1, -0.05) is 13.8 Å². The van der Waals surface area contributed by atoms with Gasteiger partial charge >= 0.3 is 0 Å². The van der Waals surface area contributed by atoms with Gasteiger partial charge in [0.2, 0.25) is 0 Å². The maximum absolute atomic E-state index is 9.93. The Balaban J connectivity index is 1.50. The van der Waals surface area contributed by atoms with Crippen molar-refractivity contribution in [1.82, 2.24) is 5.32 Å². The molecule has 1 saturated heterocycles. The summed E-state index contributed by atoms with van der Waals surface area (Å²) in [6.45, 7) is 7.21. The van der Waals surface area contributed by atoms with E-state index in [1.54, 1.807) is 0 Å². The van der Waals surface area contributed by atoms with E-state index in [-0.39, 0.29) is 6.10 Å². The van der Waals surface area contributed by atoms with E-state index >= 15 is 0 Å². The lowest BCUT2D eigenvalue weighted by atomic mass is 9.75. The van der Waals surface area contributed by atoms with Crippen LogP contribution >= 0.6 is 0 Å². The van der Waals surface area contributed by atoms with E-state index in [2.05, 4.69) is 19.2 Å². The van der Waals surface area contributed by atoms with Crippen molar-refractivity contribution >= 4 is 0 Å². The first kappa shape index (κ1) is 16.2. The van der Waals surface area contributed by atoms with Gasteiger partial charge in [0.25, 0.3) is 0 Å². The Labute approximate surface area is 123 Å². The van der Waals surface area contributed by atoms with Crippen LogP contribution in [0.3, 0.4) is 0 Å². The van der Waals surface area contributed by atoms with Crippen LogP contribution in [0.15, 0.2) is 0 Å². The van der Waals surface area contributed by atoms with Crippen LogP contribution in [0.5, 0.6) is 0 Å². The fourth-order valence-corrected chi connectivity index (χ4v) is 3.08. The fraction of sp³-hybridized carbons (Fsp3) is 1.00. The molecule has 0 radical (unpaired) electrons. The topological polar surface area (TPSA) is 50.7 Å². The van der Waals surface area contributed by atoms with Crippen LogP contribution < -0.4 is 5.32 Å². The average Bonchev–Trinajstić information content (AvgIpc) is 2.91. The van der Waals surface area contributed by atoms with Gasteiger partial charge in [0.15, 0.2) is 0 Å². The highest BCUT2D eigenvalue weighted by atomic mass is 16.5. The standard InChI is InChI=1S/C16H31NO3/c1-16(2)7-5-13(6-8-16)17-10-14(18)11-19-12-15-4-3-9-20-15/h13-15,17-18H,3-12H2,1-2H3. The summed E-state index contributed by atoms with van der Waals surface area (Å²) in [6.07, 6.45) is 7.05. The van der Waals surface area contributed by atoms with Crippen molar-refractivity contribution in [2.24, 2.45) is 5.41 Å². The Morgan fingerprint density at radius 2 is 2.05 bits per heavy atom. The molecule has 1 aliphatic carbocycles. The minimum Gasteiger partial charge on any atom is -0.389 e. The van der Waals surface area contributed by atoms with Gasteiger partial charge in [-0.2, -0.15) is 0 Å². The zero-order valence-corrected chi connectivity index (χ0v) is 13.1. The van der Waals surface area contributed by atoms with Gasteiger partial charge in [0.05, 0.1) is 25.4 Å². The Kier molecular flexibility index (Phi) is 6.27. The Bertz CT molecular complexity index is 267. The smallest absolute Gasteiger partial charge is 0.0897 e. The molecule has 2 fully saturated rings. The van der Waals surface area contributed by atoms with Crippen LogP contribution in [0.4, 0.5) is 0 Å². The van der Waals surface area contributed by atoms with Crippen molar-refractivity contribution in [3.63, 3.8) is 0 Å². The minimum absolute atomic E-state index is 0.246. The number of ether oxygens (including phenoxy) is 2. The second-order valence-electron chi connectivity index (χ2n) is 7.17. The average molecular weight is 285 g/mol. The molecule has 2 aliphatic rings. The molecule has 1 heterocycles. The molecule has 0 aromatic heterocycles. The third-order valence-corrected chi connectivity index (χ3v) is 4.62. The number of hydrogen-bond acceptors (Lipinski definition) is 4. The van der Waals surface area contributed by atoms with Crippen LogP contribution in [-0.4, -0.2) is 49.7 Å². The molecule has 20 heavy (non-hydrogen) atoms. The number of rotatable bonds is 7. The minimum atomic E-state index is -0.411. The number of aliphatic hydroxyl groups is 1. The van der Waals surface area contributed by atoms with E-state index in [1.807, 2.05) is 0 Å². The molecule has 2 N–H and O–H groups in total. The van der Waals surface area contributed by atoms with Crippen molar-refractivity contribution in [2.45, 2.75) is 70.6 Å². The highest BCUT2D eigenvalue weighted by Crippen LogP contribution is 2.34. The molecule has 4 heteroatoms. The fourth-order valence-electron chi connectivity index (χ4n) is 3.08. The zero-order valence-electron chi connectivity index (χ0n) is 13.1. The first-order valence-corrected chi connectivity index (χ1v) is 8.16. The lowest BCUT2D eigenvalue weighted by Crippen LogP contribution is -2.40. The first-order chi connectivity index (χ1) is 9.55. The van der Waals surface area contributed by atoms with E-state index < -0.39 is 6.10 Å². The number of hydrogen-bond donors (Lipinski definition) is 2. The normalized spacial score (nSPS) is 28.6. The van der Waals surface area contributed by atoms with Gasteiger partial charge in [-0.25, -0.2) is 0 Å². The summed E-state index contributed by atoms with van der Waals surface area (Å²) in [5.41, 5.74) is 0.501. The monoisotopic (exact) mass is 285 g/mol. The van der Waals surface area contributed by atoms with E-state index in [1.165, 1.54) is 25.7 Å². The second kappa shape index (κ2) is 7.74. The Hall–Kier alpha value is -0.160. The molecule has 0 aromatic carbocycles. The van der Waals surface area contributed by atoms with Crippen LogP contribution in [-0.2, 0) is 9.47 Å². The van der Waals surface area contributed by atoms with E-state index in [0.29, 0.717) is 31.2 Å². The summed E-state index contributed by atoms with van der Waals surface area (Å²) in [5, 5.41) is 13.4. The maximum atomic E-state index is 9.93. The summed E-state index contributed by atoms with van der Waals surface area (Å²) < 4.78 is 11.0. The first-order valence-electron chi connectivity index (χ1n) is 8.16. The molecule has 1 aliphatic heterocycles. The van der Waals surface area contributed by atoms with Crippen LogP contribution in [0.25, 0.3) is 0 Å². The van der Waals surface area contributed by atoms with Crippen molar-refractivity contribution in [3.05, 3.63) is 0 Å². The van der Waals surface area contributed by atoms with Gasteiger partial charge in [-0.15, -0.1) is 0 Å². The van der Waals surface area contributed by atoms with Crippen molar-refractivity contribution in [1.29, 1.82) is 0 Å². The summed E-state index contributed by atoms with van der Waals surface area (Å²) in [4.78, 5) is 0. The molecule has 2 rings (SSSR count). The maximum Gasteiger partial charge on any atom is 0.0897 e. The Morgan fingerprint density at radius 3 is 2.70 bits per heavy atom. The lowest BCUT2D eigenvalue weighted by Gasteiger charge is -2.35. The van der Waals surface area contributed by atoms with Gasteiger partial charge in [-0.05, 0) is 43.9 Å². The second-order valence-corrected chi connectivity index (χ2v) is 7.17. The summed E-state index contributed by atoms with van der Waals surface area (Å²) in [6, 6.07) is 0.566. The highest BCUT2D eigenvalue weighted by molar-refractivity contribution is 4.82. The van der Waals surface area contributed by atoms with Crippen molar-refractivity contribution in [3.8, 4) is 0 Å². The van der Waals surface area contributed by atoms with Crippen LogP contribution in [0.1, 0.15) is 52.4 Å². The molecular formula is C16H31NO3. The van der Waals surface area contributed by atoms with Gasteiger partial charge < -0.3 is 19.9 Å². The predicted octanol–water partition coefficient (Wildman–Crippen LogP) is 2.10. The van der Waals surface area contributed by atoms with Crippen molar-refractivity contribution < 1.29 is 14.6 Å². The zero-order chi connectivity index (χ0) is 14.4. The largest absolute Gasteiger partial charge is 0.389 e. The summed E-state index contributed by atoms with van der Waals surface area (Å²) >= 11 is 0. The quantitative estimate of drug-likeness (QED) is 0.752. The van der Waals surface area contributed by atoms with Gasteiger partial charge in [0, 0.05) is 19.2 Å².